The zero-order chi connectivity index (χ0) is 12.4. The minimum absolute atomic E-state index is 0.0638. The van der Waals surface area contributed by atoms with E-state index in [-0.39, 0.29) is 12.1 Å². The summed E-state index contributed by atoms with van der Waals surface area (Å²) in [6.45, 7) is 3.79. The summed E-state index contributed by atoms with van der Waals surface area (Å²) in [6, 6.07) is 4.00. The van der Waals surface area contributed by atoms with E-state index in [0.29, 0.717) is 11.9 Å². The number of nitrogens with two attached hydrogens (primary N) is 1. The molecule has 7 heteroatoms. The number of aromatic nitrogens is 2. The molecule has 2 heterocycles. The molecule has 3 N–H and O–H groups in total. The van der Waals surface area contributed by atoms with Gasteiger partial charge in [0, 0.05) is 4.88 Å². The monoisotopic (exact) mass is 272 g/mol. The highest BCUT2D eigenvalue weighted by Crippen LogP contribution is 2.28. The van der Waals surface area contributed by atoms with Gasteiger partial charge in [0.2, 0.25) is 5.89 Å². The van der Waals surface area contributed by atoms with Crippen LogP contribution in [0.25, 0.3) is 0 Å². The van der Waals surface area contributed by atoms with Crippen LogP contribution in [0.4, 0.5) is 6.01 Å². The van der Waals surface area contributed by atoms with E-state index >= 15 is 0 Å². The van der Waals surface area contributed by atoms with Gasteiger partial charge in [-0.3, -0.25) is 0 Å². The summed E-state index contributed by atoms with van der Waals surface area (Å²) in [7, 11) is 0. The topological polar surface area (TPSA) is 77.0 Å². The quantitative estimate of drug-likeness (QED) is 0.895. The van der Waals surface area contributed by atoms with Crippen LogP contribution in [-0.2, 0) is 0 Å². The molecule has 2 rings (SSSR count). The molecule has 0 aliphatic heterocycles. The third-order valence-corrected chi connectivity index (χ3v) is 3.60. The second-order valence-electron chi connectivity index (χ2n) is 3.74. The fourth-order valence-electron chi connectivity index (χ4n) is 1.29. The molecule has 0 aromatic carbocycles. The van der Waals surface area contributed by atoms with Gasteiger partial charge in [0.05, 0.1) is 16.4 Å². The number of hydrogen-bond acceptors (Lipinski definition) is 6. The predicted octanol–water partition coefficient (Wildman–Crippen LogP) is 2.98. The van der Waals surface area contributed by atoms with Gasteiger partial charge in [-0.15, -0.1) is 16.4 Å². The number of nitrogens with one attached hydrogen (secondary N) is 1. The molecule has 2 aromatic heterocycles. The Hall–Kier alpha value is -1.11. The molecule has 5 nitrogen and oxygen atoms in total. The lowest BCUT2D eigenvalue weighted by molar-refractivity contribution is 0.470. The second-order valence-corrected chi connectivity index (χ2v) is 5.49. The van der Waals surface area contributed by atoms with Gasteiger partial charge in [0.15, 0.2) is 0 Å². The molecular formula is C10H13ClN4OS. The Kier molecular flexibility index (Phi) is 3.66. The third kappa shape index (κ3) is 2.96. The molecule has 0 fully saturated rings. The van der Waals surface area contributed by atoms with Crippen molar-refractivity contribution in [3.8, 4) is 0 Å². The van der Waals surface area contributed by atoms with Crippen molar-refractivity contribution < 1.29 is 4.42 Å². The van der Waals surface area contributed by atoms with Crippen molar-refractivity contribution >= 4 is 29.0 Å². The highest BCUT2D eigenvalue weighted by molar-refractivity contribution is 7.16. The lowest BCUT2D eigenvalue weighted by atomic mass is 10.3. The zero-order valence-electron chi connectivity index (χ0n) is 9.48. The molecule has 92 valence electrons. The molecule has 0 aliphatic rings. The van der Waals surface area contributed by atoms with E-state index in [1.54, 1.807) is 6.92 Å². The summed E-state index contributed by atoms with van der Waals surface area (Å²) in [4.78, 5) is 1.11. The summed E-state index contributed by atoms with van der Waals surface area (Å²) in [6.07, 6.45) is 0. The number of halogens is 1. The molecule has 2 atom stereocenters. The molecule has 2 unspecified atom stereocenters. The van der Waals surface area contributed by atoms with Crippen molar-refractivity contribution in [1.82, 2.24) is 10.2 Å². The Balaban J connectivity index is 2.05. The first-order valence-corrected chi connectivity index (χ1v) is 6.36. The van der Waals surface area contributed by atoms with Gasteiger partial charge in [0.25, 0.3) is 0 Å². The highest BCUT2D eigenvalue weighted by atomic mass is 35.5. The lowest BCUT2D eigenvalue weighted by Crippen LogP contribution is -2.05. The molecule has 0 saturated carbocycles. The average molecular weight is 273 g/mol. The fourth-order valence-corrected chi connectivity index (χ4v) is 2.36. The van der Waals surface area contributed by atoms with Crippen LogP contribution >= 0.6 is 22.9 Å². The van der Waals surface area contributed by atoms with Gasteiger partial charge in [0.1, 0.15) is 0 Å². The standard InChI is InChI=1S/C10H13ClN4OS/c1-5(12)9-14-15-10(16-9)13-6(2)7-3-4-8(11)17-7/h3-6H,12H2,1-2H3,(H,13,15). The van der Waals surface area contributed by atoms with Crippen LogP contribution < -0.4 is 11.1 Å². The van der Waals surface area contributed by atoms with Crippen molar-refractivity contribution in [3.63, 3.8) is 0 Å². The minimum Gasteiger partial charge on any atom is -0.406 e. The van der Waals surface area contributed by atoms with Gasteiger partial charge in [-0.05, 0) is 26.0 Å². The average Bonchev–Trinajstić information content (AvgIpc) is 2.86. The van der Waals surface area contributed by atoms with Gasteiger partial charge in [-0.2, -0.15) is 0 Å². The summed E-state index contributed by atoms with van der Waals surface area (Å²) in [5, 5.41) is 10.8. The molecule has 0 radical (unpaired) electrons. The van der Waals surface area contributed by atoms with E-state index in [4.69, 9.17) is 21.8 Å². The normalized spacial score (nSPS) is 14.6. The predicted molar refractivity (Wildman–Crippen MR) is 68.3 cm³/mol. The first-order valence-electron chi connectivity index (χ1n) is 5.17. The second kappa shape index (κ2) is 5.03. The van der Waals surface area contributed by atoms with Crippen molar-refractivity contribution in [1.29, 1.82) is 0 Å². The number of anilines is 1. The SMILES string of the molecule is CC(N)c1nnc(NC(C)c2ccc(Cl)s2)o1. The van der Waals surface area contributed by atoms with Crippen molar-refractivity contribution in [3.05, 3.63) is 27.2 Å². The van der Waals surface area contributed by atoms with Crippen LogP contribution in [0.5, 0.6) is 0 Å². The van der Waals surface area contributed by atoms with E-state index in [1.807, 2.05) is 19.1 Å². The van der Waals surface area contributed by atoms with Crippen LogP contribution in [0, 0.1) is 0 Å². The van der Waals surface area contributed by atoms with Gasteiger partial charge in [-0.25, -0.2) is 0 Å². The zero-order valence-corrected chi connectivity index (χ0v) is 11.0. The summed E-state index contributed by atoms with van der Waals surface area (Å²) in [5.74, 6) is 0.420. The van der Waals surface area contributed by atoms with Gasteiger partial charge >= 0.3 is 6.01 Å². The maximum absolute atomic E-state index is 5.88. The highest BCUT2D eigenvalue weighted by Gasteiger charge is 2.13. The number of thiophene rings is 1. The van der Waals surface area contributed by atoms with E-state index in [2.05, 4.69) is 15.5 Å². The Bertz CT molecular complexity index is 496. The van der Waals surface area contributed by atoms with Gasteiger partial charge < -0.3 is 15.5 Å². The molecule has 0 aliphatic carbocycles. The third-order valence-electron chi connectivity index (χ3n) is 2.19. The molecule has 17 heavy (non-hydrogen) atoms. The van der Waals surface area contributed by atoms with Crippen LogP contribution in [0.1, 0.15) is 36.7 Å². The van der Waals surface area contributed by atoms with Crippen LogP contribution in [-0.4, -0.2) is 10.2 Å². The first-order chi connectivity index (χ1) is 8.06. The van der Waals surface area contributed by atoms with Crippen molar-refractivity contribution in [2.45, 2.75) is 25.9 Å². The summed E-state index contributed by atoms with van der Waals surface area (Å²) in [5.41, 5.74) is 5.63. The largest absolute Gasteiger partial charge is 0.406 e. The molecular weight excluding hydrogens is 260 g/mol. The molecule has 0 saturated heterocycles. The van der Waals surface area contributed by atoms with E-state index in [1.165, 1.54) is 11.3 Å². The number of rotatable bonds is 4. The Labute approximate surface area is 108 Å². The van der Waals surface area contributed by atoms with E-state index in [0.717, 1.165) is 9.21 Å². The minimum atomic E-state index is -0.260. The smallest absolute Gasteiger partial charge is 0.316 e. The Morgan fingerprint density at radius 2 is 2.18 bits per heavy atom. The van der Waals surface area contributed by atoms with E-state index in [9.17, 15) is 0 Å². The molecule has 0 spiro atoms. The van der Waals surface area contributed by atoms with Crippen LogP contribution in [0.15, 0.2) is 16.5 Å². The first kappa shape index (κ1) is 12.3. The number of nitrogens with zero attached hydrogens (tertiary/aromatic N) is 2. The number of hydrogen-bond donors (Lipinski definition) is 2. The maximum atomic E-state index is 5.88. The summed E-state index contributed by atoms with van der Waals surface area (Å²) >= 11 is 7.39. The van der Waals surface area contributed by atoms with Crippen molar-refractivity contribution in [2.24, 2.45) is 5.73 Å². The van der Waals surface area contributed by atoms with Crippen LogP contribution in [0.3, 0.4) is 0 Å². The van der Waals surface area contributed by atoms with Gasteiger partial charge in [-0.1, -0.05) is 16.7 Å². The molecule has 0 amide bonds. The summed E-state index contributed by atoms with van der Waals surface area (Å²) < 4.78 is 6.12. The Morgan fingerprint density at radius 3 is 2.71 bits per heavy atom. The van der Waals surface area contributed by atoms with E-state index < -0.39 is 0 Å². The van der Waals surface area contributed by atoms with Crippen LogP contribution in [0.2, 0.25) is 4.34 Å². The lowest BCUT2D eigenvalue weighted by Gasteiger charge is -2.08. The fraction of sp³-hybridized carbons (Fsp3) is 0.400. The molecule has 0 bridgehead atoms. The molecule has 2 aromatic rings. The maximum Gasteiger partial charge on any atom is 0.316 e. The van der Waals surface area contributed by atoms with Crippen molar-refractivity contribution in [2.75, 3.05) is 5.32 Å². The Morgan fingerprint density at radius 1 is 1.41 bits per heavy atom.